The molecule has 0 fully saturated rings. The molecule has 2 nitrogen and oxygen atoms in total. The van der Waals surface area contributed by atoms with Gasteiger partial charge >= 0.3 is 0 Å². The van der Waals surface area contributed by atoms with E-state index in [1.165, 1.54) is 6.07 Å². The Hall–Kier alpha value is -1.58. The largest absolute Gasteiger partial charge is 0.494 e. The molecule has 0 aliphatic heterocycles. The van der Waals surface area contributed by atoms with Gasteiger partial charge in [0.2, 0.25) is 0 Å². The van der Waals surface area contributed by atoms with E-state index in [9.17, 15) is 4.39 Å². The molecular formula is C16H17ClFNO. The Kier molecular flexibility index (Phi) is 4.99. The number of nitrogens with two attached hydrogens (primary N) is 1. The molecule has 0 saturated carbocycles. The maximum Gasteiger partial charge on any atom is 0.129 e. The molecule has 0 heterocycles. The van der Waals surface area contributed by atoms with Crippen molar-refractivity contribution in [2.24, 2.45) is 5.73 Å². The van der Waals surface area contributed by atoms with Crippen LogP contribution in [0.25, 0.3) is 0 Å². The van der Waals surface area contributed by atoms with Crippen LogP contribution in [0.5, 0.6) is 5.75 Å². The first-order valence-corrected chi connectivity index (χ1v) is 6.91. The minimum atomic E-state index is -0.471. The van der Waals surface area contributed by atoms with E-state index < -0.39 is 6.04 Å². The topological polar surface area (TPSA) is 35.2 Å². The first-order valence-electron chi connectivity index (χ1n) is 6.53. The number of hydrogen-bond acceptors (Lipinski definition) is 2. The van der Waals surface area contributed by atoms with Gasteiger partial charge in [0, 0.05) is 16.6 Å². The first kappa shape index (κ1) is 14.8. The third-order valence-corrected chi connectivity index (χ3v) is 3.39. The van der Waals surface area contributed by atoms with Crippen molar-refractivity contribution in [2.75, 3.05) is 6.61 Å². The van der Waals surface area contributed by atoms with Gasteiger partial charge in [-0.3, -0.25) is 0 Å². The predicted octanol–water partition coefficient (Wildman–Crippen LogP) is 4.12. The third kappa shape index (κ3) is 3.50. The number of halogens is 2. The molecule has 0 amide bonds. The van der Waals surface area contributed by atoms with E-state index in [-0.39, 0.29) is 5.82 Å². The standard InChI is InChI=1S/C16H17ClFNO/c1-2-20-12-8-6-11(7-9-12)10-15(19)16-13(17)4-3-5-14(16)18/h3-9,15H,2,10,19H2,1H3. The fourth-order valence-corrected chi connectivity index (χ4v) is 2.41. The molecule has 1 atom stereocenters. The Morgan fingerprint density at radius 2 is 1.90 bits per heavy atom. The molecule has 2 aromatic rings. The van der Waals surface area contributed by atoms with E-state index in [1.807, 2.05) is 31.2 Å². The maximum atomic E-state index is 13.8. The zero-order chi connectivity index (χ0) is 14.5. The monoisotopic (exact) mass is 293 g/mol. The number of hydrogen-bond donors (Lipinski definition) is 1. The average Bonchev–Trinajstić information content (AvgIpc) is 2.41. The molecule has 1 unspecified atom stereocenters. The Labute approximate surface area is 123 Å². The van der Waals surface area contributed by atoms with Gasteiger partial charge in [0.05, 0.1) is 6.61 Å². The van der Waals surface area contributed by atoms with Crippen molar-refractivity contribution in [1.82, 2.24) is 0 Å². The lowest BCUT2D eigenvalue weighted by Crippen LogP contribution is -2.15. The van der Waals surface area contributed by atoms with Gasteiger partial charge in [0.1, 0.15) is 11.6 Å². The lowest BCUT2D eigenvalue weighted by molar-refractivity contribution is 0.340. The van der Waals surface area contributed by atoms with Gasteiger partial charge in [-0.15, -0.1) is 0 Å². The lowest BCUT2D eigenvalue weighted by atomic mass is 9.99. The van der Waals surface area contributed by atoms with Crippen LogP contribution in [0.15, 0.2) is 42.5 Å². The van der Waals surface area contributed by atoms with E-state index in [0.717, 1.165) is 11.3 Å². The smallest absolute Gasteiger partial charge is 0.129 e. The van der Waals surface area contributed by atoms with Crippen LogP contribution in [-0.2, 0) is 6.42 Å². The number of benzene rings is 2. The molecule has 0 aromatic heterocycles. The summed E-state index contributed by atoms with van der Waals surface area (Å²) in [5, 5.41) is 0.364. The molecule has 106 valence electrons. The second-order valence-corrected chi connectivity index (χ2v) is 4.93. The van der Waals surface area contributed by atoms with Crippen molar-refractivity contribution in [3.8, 4) is 5.75 Å². The van der Waals surface area contributed by atoms with Crippen LogP contribution in [0.4, 0.5) is 4.39 Å². The van der Waals surface area contributed by atoms with Crippen LogP contribution in [0.1, 0.15) is 24.1 Å². The predicted molar refractivity (Wildman–Crippen MR) is 79.7 cm³/mol. The summed E-state index contributed by atoms with van der Waals surface area (Å²) in [4.78, 5) is 0. The maximum absolute atomic E-state index is 13.8. The minimum absolute atomic E-state index is 0.364. The summed E-state index contributed by atoms with van der Waals surface area (Å²) in [7, 11) is 0. The molecule has 20 heavy (non-hydrogen) atoms. The van der Waals surface area contributed by atoms with Gasteiger partial charge in [-0.25, -0.2) is 4.39 Å². The summed E-state index contributed by atoms with van der Waals surface area (Å²) in [5.74, 6) is 0.449. The molecule has 0 spiro atoms. The molecule has 4 heteroatoms. The highest BCUT2D eigenvalue weighted by Crippen LogP contribution is 2.27. The molecular weight excluding hydrogens is 277 g/mol. The van der Waals surface area contributed by atoms with Crippen molar-refractivity contribution in [3.05, 3.63) is 64.4 Å². The van der Waals surface area contributed by atoms with E-state index in [2.05, 4.69) is 0 Å². The van der Waals surface area contributed by atoms with Crippen LogP contribution in [0.2, 0.25) is 5.02 Å². The van der Waals surface area contributed by atoms with Gasteiger partial charge in [-0.05, 0) is 43.2 Å². The SMILES string of the molecule is CCOc1ccc(CC(N)c2c(F)cccc2Cl)cc1. The highest BCUT2D eigenvalue weighted by atomic mass is 35.5. The molecule has 0 saturated heterocycles. The second kappa shape index (κ2) is 6.73. The van der Waals surface area contributed by atoms with Gasteiger partial charge in [-0.1, -0.05) is 29.8 Å². The van der Waals surface area contributed by atoms with Crippen LogP contribution < -0.4 is 10.5 Å². The highest BCUT2D eigenvalue weighted by Gasteiger charge is 2.15. The highest BCUT2D eigenvalue weighted by molar-refractivity contribution is 6.31. The Morgan fingerprint density at radius 3 is 2.50 bits per heavy atom. The fourth-order valence-electron chi connectivity index (χ4n) is 2.11. The van der Waals surface area contributed by atoms with Crippen molar-refractivity contribution < 1.29 is 9.13 Å². The van der Waals surface area contributed by atoms with Crippen molar-refractivity contribution in [2.45, 2.75) is 19.4 Å². The Morgan fingerprint density at radius 1 is 1.20 bits per heavy atom. The summed E-state index contributed by atoms with van der Waals surface area (Å²) < 4.78 is 19.2. The lowest BCUT2D eigenvalue weighted by Gasteiger charge is -2.15. The van der Waals surface area contributed by atoms with Crippen molar-refractivity contribution in [1.29, 1.82) is 0 Å². The normalized spacial score (nSPS) is 12.2. The van der Waals surface area contributed by atoms with Gasteiger partial charge in [-0.2, -0.15) is 0 Å². The van der Waals surface area contributed by atoms with Crippen LogP contribution in [-0.4, -0.2) is 6.61 Å². The first-order chi connectivity index (χ1) is 9.61. The molecule has 2 N–H and O–H groups in total. The Bertz CT molecular complexity index is 551. The van der Waals surface area contributed by atoms with E-state index in [0.29, 0.717) is 23.6 Å². The third-order valence-electron chi connectivity index (χ3n) is 3.06. The van der Waals surface area contributed by atoms with Gasteiger partial charge in [0.15, 0.2) is 0 Å². The van der Waals surface area contributed by atoms with Gasteiger partial charge in [0.25, 0.3) is 0 Å². The molecule has 0 bridgehead atoms. The second-order valence-electron chi connectivity index (χ2n) is 4.52. The summed E-state index contributed by atoms with van der Waals surface area (Å²) in [6, 6.07) is 11.8. The van der Waals surface area contributed by atoms with Gasteiger partial charge < -0.3 is 10.5 Å². The zero-order valence-corrected chi connectivity index (χ0v) is 12.0. The number of ether oxygens (including phenoxy) is 1. The van der Waals surface area contributed by atoms with Crippen LogP contribution in [0, 0.1) is 5.82 Å². The van der Waals surface area contributed by atoms with Crippen molar-refractivity contribution >= 4 is 11.6 Å². The summed E-state index contributed by atoms with van der Waals surface area (Å²) in [6.45, 7) is 2.56. The zero-order valence-electron chi connectivity index (χ0n) is 11.3. The van der Waals surface area contributed by atoms with Crippen molar-refractivity contribution in [3.63, 3.8) is 0 Å². The molecule has 2 aromatic carbocycles. The summed E-state index contributed by atoms with van der Waals surface area (Å²) >= 11 is 6.02. The molecule has 0 aliphatic carbocycles. The minimum Gasteiger partial charge on any atom is -0.494 e. The van der Waals surface area contributed by atoms with E-state index in [4.69, 9.17) is 22.1 Å². The molecule has 2 rings (SSSR count). The Balaban J connectivity index is 2.13. The van der Waals surface area contributed by atoms with Crippen LogP contribution >= 0.6 is 11.6 Å². The molecule has 0 aliphatic rings. The van der Waals surface area contributed by atoms with E-state index >= 15 is 0 Å². The van der Waals surface area contributed by atoms with E-state index in [1.54, 1.807) is 12.1 Å². The molecule has 0 radical (unpaired) electrons. The number of rotatable bonds is 5. The summed E-state index contributed by atoms with van der Waals surface area (Å²) in [5.41, 5.74) is 7.45. The average molecular weight is 294 g/mol. The summed E-state index contributed by atoms with van der Waals surface area (Å²) in [6.07, 6.45) is 0.521. The van der Waals surface area contributed by atoms with Crippen LogP contribution in [0.3, 0.4) is 0 Å². The quantitative estimate of drug-likeness (QED) is 0.900. The fraction of sp³-hybridized carbons (Fsp3) is 0.250.